The monoisotopic (exact) mass is 1940 g/mol. The number of carbonyl (C=O) groups is 15. The van der Waals surface area contributed by atoms with Crippen molar-refractivity contribution in [1.29, 1.82) is 5.41 Å². The molecule has 0 fully saturated rings. The molecule has 6 aromatic rings. The van der Waals surface area contributed by atoms with E-state index in [1.54, 1.807) is 70.4 Å². The fourth-order valence-corrected chi connectivity index (χ4v) is 15.5. The number of carbonyl (C=O) groups excluding carboxylic acids is 15. The van der Waals surface area contributed by atoms with Crippen LogP contribution in [0.1, 0.15) is 200 Å². The predicted molar refractivity (Wildman–Crippen MR) is 523 cm³/mol. The lowest BCUT2D eigenvalue weighted by atomic mass is 9.96. The third kappa shape index (κ3) is 40.0. The fourth-order valence-electron chi connectivity index (χ4n) is 15.5. The number of unbranched alkanes of at least 4 members (excludes halogenated alkanes) is 4. The Balaban J connectivity index is 1.20. The number of amides is 15. The molecule has 139 heavy (non-hydrogen) atoms. The highest BCUT2D eigenvalue weighted by Gasteiger charge is 2.40. The molecule has 45 heteroatoms. The van der Waals surface area contributed by atoms with Crippen molar-refractivity contribution < 1.29 is 71.9 Å². The third-order valence-electron chi connectivity index (χ3n) is 23.6. The van der Waals surface area contributed by atoms with E-state index in [-0.39, 0.29) is 153 Å². The molecule has 6 rings (SSSR count). The molecular weight excluding hydrogens is 1790 g/mol. The van der Waals surface area contributed by atoms with E-state index in [4.69, 9.17) is 45.5 Å². The van der Waals surface area contributed by atoms with Gasteiger partial charge in [-0.15, -0.1) is 0 Å². The number of fused-ring (bicyclic) bond motifs is 1. The van der Waals surface area contributed by atoms with Gasteiger partial charge in [0.2, 0.25) is 88.6 Å². The molecule has 766 valence electrons. The van der Waals surface area contributed by atoms with Gasteiger partial charge in [0, 0.05) is 74.3 Å². The lowest BCUT2D eigenvalue weighted by Crippen LogP contribution is -2.62. The molecule has 4 heterocycles. The van der Waals surface area contributed by atoms with Crippen LogP contribution < -0.4 is 120 Å². The normalized spacial score (nSPS) is 14.9. The molecule has 0 aliphatic heterocycles. The second-order valence-corrected chi connectivity index (χ2v) is 36.4. The molecular formula is C94H150N30O15. The predicted octanol–water partition coefficient (Wildman–Crippen LogP) is -1.96. The van der Waals surface area contributed by atoms with Gasteiger partial charge in [0.25, 0.3) is 0 Å². The van der Waals surface area contributed by atoms with E-state index >= 15 is 24.0 Å². The van der Waals surface area contributed by atoms with Gasteiger partial charge >= 0.3 is 0 Å². The van der Waals surface area contributed by atoms with Gasteiger partial charge in [0.15, 0.2) is 5.96 Å². The van der Waals surface area contributed by atoms with Gasteiger partial charge in [-0.2, -0.15) is 0 Å². The Morgan fingerprint density at radius 3 is 1.14 bits per heavy atom. The highest BCUT2D eigenvalue weighted by Crippen LogP contribution is 2.22. The molecule has 0 aliphatic carbocycles. The molecule has 0 unspecified atom stereocenters. The first-order valence-corrected chi connectivity index (χ1v) is 48.1. The zero-order chi connectivity index (χ0) is 102. The largest absolute Gasteiger partial charge is 0.370 e. The van der Waals surface area contributed by atoms with Gasteiger partial charge in [-0.3, -0.25) is 77.3 Å². The molecule has 0 spiro atoms. The van der Waals surface area contributed by atoms with Gasteiger partial charge in [0.1, 0.15) is 84.6 Å². The number of imidazole rings is 3. The highest BCUT2D eigenvalue weighted by molar-refractivity contribution is 6.01. The number of para-hydroxylation sites is 1. The van der Waals surface area contributed by atoms with E-state index in [1.807, 2.05) is 52.0 Å². The summed E-state index contributed by atoms with van der Waals surface area (Å²) in [5.74, 6) is -14.2. The van der Waals surface area contributed by atoms with Crippen LogP contribution in [0.4, 0.5) is 0 Å². The van der Waals surface area contributed by atoms with Crippen LogP contribution >= 0.6 is 0 Å². The summed E-state index contributed by atoms with van der Waals surface area (Å²) in [6.07, 6.45) is 13.4. The number of hydrogen-bond donors (Lipinski definition) is 27. The van der Waals surface area contributed by atoms with E-state index < -0.39 is 191 Å². The zero-order valence-corrected chi connectivity index (χ0v) is 81.3. The summed E-state index contributed by atoms with van der Waals surface area (Å²) in [5.41, 5.74) is 44.6. The number of nitrogens with two attached hydrogens (primary N) is 7. The third-order valence-corrected chi connectivity index (χ3v) is 23.6. The Hall–Kier alpha value is -13.3. The molecule has 0 saturated heterocycles. The molecule has 0 radical (unpaired) electrons. The molecule has 2 aromatic carbocycles. The zero-order valence-electron chi connectivity index (χ0n) is 81.3. The summed E-state index contributed by atoms with van der Waals surface area (Å²) in [6, 6.07) is -4.03. The Morgan fingerprint density at radius 2 is 0.712 bits per heavy atom. The number of guanidine groups is 1. The van der Waals surface area contributed by atoms with Crippen LogP contribution in [0, 0.1) is 29.1 Å². The second-order valence-electron chi connectivity index (χ2n) is 36.4. The van der Waals surface area contributed by atoms with Gasteiger partial charge in [-0.05, 0) is 177 Å². The Kier molecular flexibility index (Phi) is 49.8. The number of primary amides is 1. The minimum absolute atomic E-state index is 0.00844. The van der Waals surface area contributed by atoms with Crippen LogP contribution in [0.2, 0.25) is 0 Å². The maximum atomic E-state index is 15.2. The minimum atomic E-state index is -1.51. The van der Waals surface area contributed by atoms with Crippen molar-refractivity contribution in [2.75, 3.05) is 32.7 Å². The Morgan fingerprint density at radius 1 is 0.360 bits per heavy atom. The van der Waals surface area contributed by atoms with Gasteiger partial charge < -0.3 is 140 Å². The Labute approximate surface area is 810 Å². The summed E-state index contributed by atoms with van der Waals surface area (Å²) in [5, 5.41) is 49.9. The first-order valence-electron chi connectivity index (χ1n) is 48.1. The van der Waals surface area contributed by atoms with E-state index in [0.29, 0.717) is 67.5 Å². The van der Waals surface area contributed by atoms with Crippen LogP contribution in [-0.2, 0) is 104 Å². The van der Waals surface area contributed by atoms with Crippen LogP contribution in [-0.4, -0.2) is 253 Å². The maximum Gasteiger partial charge on any atom is 0.243 e. The SMILES string of the molecule is CC[C@H](C)[C@H](NC(=O)[C@H](CCCCN)NC(=O)[C@H](CCCCN)NC(=O)[C@H](Cc1ccccc1)NC(=O)[C@H](CC(C)C)NC(=O)[C@H](CCCCN)NC(=O)[C@H](Cc1c[nH]c2ccccc12)NC(=O)[C@@H](N)Cc1c[nH]cn1)C(=O)N[C@@H](Cc1c[nH]cn1)C(=O)N[C@@H](C)C(=O)N[C@H](C(=O)N[C@@H](CCCNC(=N)N)C(=O)N[C@@H](CCCCN)C(=O)N[C@@H](Cc1c[nH]cn1)C(=O)N[C@@H](CC(C)C)C(N)=O)C(C)C. The number of aromatic amines is 4. The van der Waals surface area contributed by atoms with Gasteiger partial charge in [-0.1, -0.05) is 110 Å². The van der Waals surface area contributed by atoms with Crippen LogP contribution in [0.25, 0.3) is 10.9 Å². The molecule has 4 aromatic heterocycles. The summed E-state index contributed by atoms with van der Waals surface area (Å²) >= 11 is 0. The van der Waals surface area contributed by atoms with E-state index in [0.717, 1.165) is 10.9 Å². The summed E-state index contributed by atoms with van der Waals surface area (Å²) in [4.78, 5) is 243. The maximum absolute atomic E-state index is 15.2. The van der Waals surface area contributed by atoms with Gasteiger partial charge in [0.05, 0.1) is 42.1 Å². The van der Waals surface area contributed by atoms with Crippen molar-refractivity contribution in [2.24, 2.45) is 63.8 Å². The highest BCUT2D eigenvalue weighted by atomic mass is 16.2. The van der Waals surface area contributed by atoms with Crippen LogP contribution in [0.5, 0.6) is 0 Å². The minimum Gasteiger partial charge on any atom is -0.370 e. The van der Waals surface area contributed by atoms with Crippen molar-refractivity contribution in [1.82, 2.24) is 115 Å². The van der Waals surface area contributed by atoms with Crippen LogP contribution in [0.3, 0.4) is 0 Å². The number of H-pyrrole nitrogens is 4. The number of aromatic nitrogens is 7. The standard InChI is InChI=1S/C94H150N30O15/c1-10-56(8)78(93(139)122-75(44-61-48-104-51-109-61)87(133)111-57(9)80(126)123-77(55(6)7)92(138)116-70(33-24-38-106-94(101)102)83(129)112-67(30-17-21-35-96)85(131)121-76(45-62-49-105-52-110-62)91(137)117-71(79(100)125)39-53(2)3)124-86(132)69(32-19-23-37-98)113-82(128)66(29-16-20-34-95)114-89(135)73(41-58-25-12-11-13-26-58)120-88(134)72(40-54(4)5)119-84(130)68(31-18-22-36-97)115-90(136)74(42-59-46-107-65-28-15-14-27-63(59)65)118-81(127)64(99)43-60-47-103-50-108-60/h11-15,25-28,46-57,64,66-78,107H,10,16-24,29-45,95-99H2,1-9H3,(H2,100,125)(H,103,108)(H,104,109)(H,105,110)(H,111,133)(H,112,129)(H,113,128)(H,114,135)(H,115,136)(H,116,138)(H,117,137)(H,118,127)(H,119,130)(H,120,134)(H,121,131)(H,122,139)(H,123,126)(H,124,132)(H4,101,102,106)/t56-,57-,64-,66-,67-,68-,69-,70-,71-,72-,73-,74-,75-,76-,77-,78-/m0/s1. The average Bonchev–Trinajstić information content (AvgIpc) is 1.71. The first kappa shape index (κ1) is 114. The van der Waals surface area contributed by atoms with E-state index in [9.17, 15) is 47.9 Å². The smallest absolute Gasteiger partial charge is 0.243 e. The molecule has 0 saturated carbocycles. The van der Waals surface area contributed by atoms with Crippen molar-refractivity contribution in [2.45, 2.75) is 294 Å². The van der Waals surface area contributed by atoms with E-state index in [2.05, 4.69) is 115 Å². The summed E-state index contributed by atoms with van der Waals surface area (Å²) in [7, 11) is 0. The summed E-state index contributed by atoms with van der Waals surface area (Å²) < 4.78 is 0. The van der Waals surface area contributed by atoms with Crippen molar-refractivity contribution in [3.63, 3.8) is 0 Å². The van der Waals surface area contributed by atoms with Crippen LogP contribution in [0.15, 0.2) is 98.4 Å². The molecule has 15 amide bonds. The molecule has 0 aliphatic rings. The van der Waals surface area contributed by atoms with Crippen molar-refractivity contribution >= 4 is 105 Å². The lowest BCUT2D eigenvalue weighted by Gasteiger charge is -2.30. The Bertz CT molecular complexity index is 4860. The first-order chi connectivity index (χ1) is 66.4. The lowest BCUT2D eigenvalue weighted by molar-refractivity contribution is -0.137. The number of hydrogen-bond acceptors (Lipinski definition) is 24. The number of nitrogens with zero attached hydrogens (tertiary/aromatic N) is 3. The number of benzene rings is 2. The molecule has 45 nitrogen and oxygen atoms in total. The average molecular weight is 1940 g/mol. The fraction of sp³-hybridized carbons (Fsp3) is 0.585. The number of rotatable bonds is 66. The number of nitrogens with one attached hydrogen (secondary N) is 20. The second kappa shape index (κ2) is 60.5. The molecule has 34 N–H and O–H groups in total. The van der Waals surface area contributed by atoms with E-state index in [1.165, 1.54) is 38.3 Å². The quantitative estimate of drug-likeness (QED) is 0.0112. The van der Waals surface area contributed by atoms with Crippen molar-refractivity contribution in [3.8, 4) is 0 Å². The summed E-state index contributed by atoms with van der Waals surface area (Å²) in [6.45, 7) is 16.3. The molecule has 0 bridgehead atoms. The topological polar surface area (TPSA) is 744 Å². The molecule has 16 atom stereocenters. The van der Waals surface area contributed by atoms with Gasteiger partial charge in [-0.25, -0.2) is 15.0 Å². The van der Waals surface area contributed by atoms with Crippen molar-refractivity contribution in [3.05, 3.63) is 127 Å².